The lowest BCUT2D eigenvalue weighted by molar-refractivity contribution is 0.0665. The van der Waals surface area contributed by atoms with Crippen LogP contribution in [0.25, 0.3) is 0 Å². The van der Waals surface area contributed by atoms with E-state index in [1.807, 2.05) is 45.2 Å². The largest absolute Gasteiger partial charge is 0.744 e. The highest BCUT2D eigenvalue weighted by Crippen LogP contribution is 2.35. The molecule has 0 bridgehead atoms. The van der Waals surface area contributed by atoms with Crippen molar-refractivity contribution in [3.63, 3.8) is 0 Å². The first-order valence-corrected chi connectivity index (χ1v) is 15.2. The van der Waals surface area contributed by atoms with Crippen LogP contribution in [0, 0.1) is 37.5 Å². The van der Waals surface area contributed by atoms with E-state index in [9.17, 15) is 50.0 Å². The number of carbonyl (C=O) groups excluding carboxylic acids is 2. The molecule has 39 heavy (non-hydrogen) atoms. The Morgan fingerprint density at radius 3 is 1.62 bits per heavy atom. The van der Waals surface area contributed by atoms with Crippen molar-refractivity contribution in [2.45, 2.75) is 4.90 Å². The standard InChI is InChI=1S/C21H6F4I4O9S/c22-9-11(24)18(39(34,35)36)12(25)10(23)17(9)38-20(32)5-1-3-6(4-2-5)37-21(33)8-7(19(30)31)13(26)15(28)16(29)14(8)27/h1-4H,(H,30,31)(H,34,35,36)/p-1. The van der Waals surface area contributed by atoms with Crippen LogP contribution >= 0.6 is 90.4 Å². The Morgan fingerprint density at radius 1 is 0.718 bits per heavy atom. The van der Waals surface area contributed by atoms with Crippen LogP contribution in [0.15, 0.2) is 29.2 Å². The molecule has 0 saturated heterocycles. The highest BCUT2D eigenvalue weighted by Gasteiger charge is 2.32. The molecule has 0 aliphatic heterocycles. The van der Waals surface area contributed by atoms with E-state index in [-0.39, 0.29) is 16.9 Å². The average molecular weight is 1020 g/mol. The molecular formula is C21H5F4I4O9S-. The fourth-order valence-corrected chi connectivity index (χ4v) is 7.15. The van der Waals surface area contributed by atoms with Crippen LogP contribution < -0.4 is 9.47 Å². The lowest BCUT2D eigenvalue weighted by Crippen LogP contribution is -2.20. The Balaban J connectivity index is 1.89. The summed E-state index contributed by atoms with van der Waals surface area (Å²) in [4.78, 5) is 34.6. The van der Waals surface area contributed by atoms with Crippen LogP contribution in [0.1, 0.15) is 31.1 Å². The van der Waals surface area contributed by atoms with Crippen molar-refractivity contribution in [3.8, 4) is 11.5 Å². The molecule has 1 N–H and O–H groups in total. The van der Waals surface area contributed by atoms with Gasteiger partial charge in [-0.15, -0.1) is 0 Å². The van der Waals surface area contributed by atoms with Gasteiger partial charge in [-0.1, -0.05) is 0 Å². The monoisotopic (exact) mass is 1020 g/mol. The summed E-state index contributed by atoms with van der Waals surface area (Å²) in [5, 5.41) is 9.63. The van der Waals surface area contributed by atoms with E-state index in [1.165, 1.54) is 0 Å². The van der Waals surface area contributed by atoms with Gasteiger partial charge in [0.05, 0.1) is 16.7 Å². The van der Waals surface area contributed by atoms with Gasteiger partial charge in [0.2, 0.25) is 17.4 Å². The Kier molecular flexibility index (Phi) is 10.1. The predicted molar refractivity (Wildman–Crippen MR) is 155 cm³/mol. The maximum absolute atomic E-state index is 14.1. The predicted octanol–water partition coefficient (Wildman–Crippen LogP) is 5.70. The summed E-state index contributed by atoms with van der Waals surface area (Å²) in [6.45, 7) is 0. The van der Waals surface area contributed by atoms with Crippen molar-refractivity contribution in [1.82, 2.24) is 0 Å². The molecule has 0 atom stereocenters. The molecule has 0 radical (unpaired) electrons. The van der Waals surface area contributed by atoms with Crippen LogP contribution in [0.2, 0.25) is 0 Å². The molecule has 0 amide bonds. The van der Waals surface area contributed by atoms with Gasteiger partial charge in [0, 0.05) is 14.3 Å². The molecule has 3 rings (SSSR count). The molecule has 0 spiro atoms. The van der Waals surface area contributed by atoms with E-state index < -0.39 is 67.5 Å². The zero-order valence-corrected chi connectivity index (χ0v) is 27.4. The number of hydrogen-bond donors (Lipinski definition) is 1. The van der Waals surface area contributed by atoms with Crippen molar-refractivity contribution >= 4 is 118 Å². The zero-order valence-electron chi connectivity index (χ0n) is 18.0. The maximum atomic E-state index is 14.1. The first-order valence-electron chi connectivity index (χ1n) is 9.44. The molecule has 0 aliphatic rings. The summed E-state index contributed by atoms with van der Waals surface area (Å²) >= 11 is 7.46. The number of esters is 2. The van der Waals surface area contributed by atoms with Crippen molar-refractivity contribution in [1.29, 1.82) is 0 Å². The number of aromatic carboxylic acids is 1. The fraction of sp³-hybridized carbons (Fsp3) is 0. The van der Waals surface area contributed by atoms with Gasteiger partial charge in [-0.05, 0) is 115 Å². The highest BCUT2D eigenvalue weighted by atomic mass is 127. The Morgan fingerprint density at radius 2 is 1.18 bits per heavy atom. The second kappa shape index (κ2) is 12.2. The van der Waals surface area contributed by atoms with E-state index >= 15 is 0 Å². The van der Waals surface area contributed by atoms with Gasteiger partial charge >= 0.3 is 17.9 Å². The van der Waals surface area contributed by atoms with Gasteiger partial charge in [0.25, 0.3) is 0 Å². The van der Waals surface area contributed by atoms with Crippen molar-refractivity contribution in [2.24, 2.45) is 0 Å². The number of halogens is 8. The van der Waals surface area contributed by atoms with E-state index in [0.29, 0.717) is 14.3 Å². The van der Waals surface area contributed by atoms with E-state index in [2.05, 4.69) is 4.74 Å². The molecule has 0 saturated carbocycles. The van der Waals surface area contributed by atoms with Gasteiger partial charge in [0.1, 0.15) is 20.8 Å². The number of hydrogen-bond acceptors (Lipinski definition) is 8. The van der Waals surface area contributed by atoms with E-state index in [4.69, 9.17) is 4.74 Å². The van der Waals surface area contributed by atoms with Gasteiger partial charge in [-0.25, -0.2) is 31.6 Å². The van der Waals surface area contributed by atoms with Crippen LogP contribution in [-0.2, 0) is 10.1 Å². The minimum atomic E-state index is -5.95. The Labute approximate surface area is 269 Å². The van der Waals surface area contributed by atoms with Gasteiger partial charge in [0.15, 0.2) is 11.6 Å². The summed E-state index contributed by atoms with van der Waals surface area (Å²) < 4.78 is 100. The summed E-state index contributed by atoms with van der Waals surface area (Å²) in [5.41, 5.74) is -0.970. The third kappa shape index (κ3) is 6.43. The van der Waals surface area contributed by atoms with E-state index in [0.717, 1.165) is 24.3 Å². The number of rotatable bonds is 6. The number of benzene rings is 3. The second-order valence-electron chi connectivity index (χ2n) is 6.98. The lowest BCUT2D eigenvalue weighted by atomic mass is 10.1. The number of carbonyl (C=O) groups is 3. The van der Waals surface area contributed by atoms with Crippen LogP contribution in [0.4, 0.5) is 17.6 Å². The molecule has 0 fully saturated rings. The fourth-order valence-electron chi connectivity index (χ4n) is 2.89. The molecule has 9 nitrogen and oxygen atoms in total. The molecule has 3 aromatic rings. The Hall–Kier alpha value is -1.38. The Bertz CT molecular complexity index is 1650. The number of carboxylic acid groups (broad SMARTS) is 1. The summed E-state index contributed by atoms with van der Waals surface area (Å²) in [7, 11) is -5.95. The first kappa shape index (κ1) is 32.1. The quantitative estimate of drug-likeness (QED) is 0.0625. The summed E-state index contributed by atoms with van der Waals surface area (Å²) in [6, 6.07) is 3.94. The van der Waals surface area contributed by atoms with Crippen LogP contribution in [0.3, 0.4) is 0 Å². The normalized spacial score (nSPS) is 11.3. The topological polar surface area (TPSA) is 147 Å². The van der Waals surface area contributed by atoms with Crippen LogP contribution in [-0.4, -0.2) is 36.0 Å². The molecule has 0 unspecified atom stereocenters. The molecule has 3 aromatic carbocycles. The third-order valence-electron chi connectivity index (χ3n) is 4.61. The van der Waals surface area contributed by atoms with Crippen molar-refractivity contribution < 1.29 is 59.5 Å². The third-order valence-corrected chi connectivity index (χ3v) is 12.9. The molecule has 206 valence electrons. The number of ether oxygens (including phenoxy) is 2. The molecule has 0 aliphatic carbocycles. The smallest absolute Gasteiger partial charge is 0.345 e. The average Bonchev–Trinajstić information content (AvgIpc) is 2.85. The molecular weight excluding hydrogens is 1010 g/mol. The molecule has 0 aromatic heterocycles. The zero-order chi connectivity index (χ0) is 29.6. The summed E-state index contributed by atoms with van der Waals surface area (Å²) in [5.74, 6) is -16.1. The lowest BCUT2D eigenvalue weighted by Gasteiger charge is -2.15. The van der Waals surface area contributed by atoms with Crippen molar-refractivity contribution in [3.05, 3.63) is 78.5 Å². The van der Waals surface area contributed by atoms with Crippen LogP contribution in [0.5, 0.6) is 11.5 Å². The van der Waals surface area contributed by atoms with E-state index in [1.54, 1.807) is 45.2 Å². The van der Waals surface area contributed by atoms with Gasteiger partial charge < -0.3 is 19.1 Å². The highest BCUT2D eigenvalue weighted by molar-refractivity contribution is 14.1. The number of carboxylic acids is 1. The minimum Gasteiger partial charge on any atom is -0.744 e. The minimum absolute atomic E-state index is 0.188. The second-order valence-corrected chi connectivity index (χ2v) is 12.6. The van der Waals surface area contributed by atoms with Crippen molar-refractivity contribution in [2.75, 3.05) is 0 Å². The van der Waals surface area contributed by atoms with Gasteiger partial charge in [-0.2, -0.15) is 8.78 Å². The first-order chi connectivity index (χ1) is 18.0. The maximum Gasteiger partial charge on any atom is 0.345 e. The van der Waals surface area contributed by atoms with Gasteiger partial charge in [-0.3, -0.25) is 0 Å². The molecule has 0 heterocycles. The SMILES string of the molecule is O=C(Oc1c(F)c(F)c(S(=O)(=O)[O-])c(F)c1F)c1ccc(OC(=O)c2c(I)c(I)c(I)c(I)c2C(=O)O)cc1. The molecule has 18 heteroatoms. The summed E-state index contributed by atoms with van der Waals surface area (Å²) in [6.07, 6.45) is 0.